The minimum Gasteiger partial charge on any atom is -0.328 e. The number of carbonyl (C=O) groups is 1. The van der Waals surface area contributed by atoms with E-state index in [-0.39, 0.29) is 19.6 Å². The fourth-order valence-corrected chi connectivity index (χ4v) is 3.27. The number of hydrogen-bond donors (Lipinski definition) is 2. The van der Waals surface area contributed by atoms with Crippen molar-refractivity contribution in [3.63, 3.8) is 0 Å². The summed E-state index contributed by atoms with van der Waals surface area (Å²) in [5, 5.41) is 0. The molecule has 0 heterocycles. The molecule has 0 aliphatic heterocycles. The Morgan fingerprint density at radius 1 is 0.955 bits per heavy atom. The standard InChI is InChI=1S/C16H34NO4P/c1-2-3-4-5-6-7-8-9-10-11-12-13-16(18)22(19,20)21-15-14-17/h2-15,17H2,1H3,(H,19,20). The Bertz CT molecular complexity index is 323. The van der Waals surface area contributed by atoms with E-state index in [1.54, 1.807) is 0 Å². The highest BCUT2D eigenvalue weighted by atomic mass is 31.2. The second-order valence-electron chi connectivity index (χ2n) is 5.82. The van der Waals surface area contributed by atoms with Crippen LogP contribution in [0.25, 0.3) is 0 Å². The molecule has 0 rings (SSSR count). The van der Waals surface area contributed by atoms with Gasteiger partial charge in [-0.25, -0.2) is 0 Å². The Morgan fingerprint density at radius 2 is 1.41 bits per heavy atom. The molecule has 0 spiro atoms. The summed E-state index contributed by atoms with van der Waals surface area (Å²) in [6, 6.07) is 0. The molecule has 0 amide bonds. The third-order valence-electron chi connectivity index (χ3n) is 3.69. The molecule has 1 unspecified atom stereocenters. The molecule has 0 aromatic carbocycles. The molecule has 0 bridgehead atoms. The first-order valence-electron chi connectivity index (χ1n) is 8.75. The zero-order valence-electron chi connectivity index (χ0n) is 14.1. The predicted molar refractivity (Wildman–Crippen MR) is 90.9 cm³/mol. The molecule has 22 heavy (non-hydrogen) atoms. The van der Waals surface area contributed by atoms with Crippen LogP contribution in [0.3, 0.4) is 0 Å². The van der Waals surface area contributed by atoms with Crippen molar-refractivity contribution in [2.75, 3.05) is 13.2 Å². The van der Waals surface area contributed by atoms with Gasteiger partial charge in [0.25, 0.3) is 0 Å². The minimum absolute atomic E-state index is 0.0578. The molecule has 0 fully saturated rings. The van der Waals surface area contributed by atoms with Gasteiger partial charge in [-0.3, -0.25) is 9.36 Å². The Hall–Kier alpha value is -0.220. The summed E-state index contributed by atoms with van der Waals surface area (Å²) in [6.07, 6.45) is 13.2. The smallest absolute Gasteiger partial charge is 0.328 e. The van der Waals surface area contributed by atoms with Crippen molar-refractivity contribution in [3.8, 4) is 0 Å². The molecule has 0 saturated carbocycles. The van der Waals surface area contributed by atoms with E-state index in [4.69, 9.17) is 5.73 Å². The lowest BCUT2D eigenvalue weighted by Gasteiger charge is -2.09. The van der Waals surface area contributed by atoms with Crippen molar-refractivity contribution in [2.45, 2.75) is 84.0 Å². The second-order valence-corrected chi connectivity index (χ2v) is 7.62. The van der Waals surface area contributed by atoms with Crippen LogP contribution in [0.15, 0.2) is 0 Å². The number of carbonyl (C=O) groups excluding carboxylic acids is 1. The van der Waals surface area contributed by atoms with Gasteiger partial charge in [0.15, 0.2) is 0 Å². The van der Waals surface area contributed by atoms with Gasteiger partial charge in [-0.1, -0.05) is 71.1 Å². The van der Waals surface area contributed by atoms with E-state index in [1.165, 1.54) is 51.4 Å². The third kappa shape index (κ3) is 12.3. The van der Waals surface area contributed by atoms with Gasteiger partial charge in [-0.05, 0) is 6.42 Å². The number of hydrogen-bond acceptors (Lipinski definition) is 4. The van der Waals surface area contributed by atoms with E-state index in [2.05, 4.69) is 11.4 Å². The van der Waals surface area contributed by atoms with Gasteiger partial charge < -0.3 is 15.2 Å². The highest BCUT2D eigenvalue weighted by molar-refractivity contribution is 7.70. The van der Waals surface area contributed by atoms with Gasteiger partial charge in [-0.2, -0.15) is 0 Å². The first kappa shape index (κ1) is 21.8. The number of nitrogens with two attached hydrogens (primary N) is 1. The van der Waals surface area contributed by atoms with Crippen LogP contribution in [0.1, 0.15) is 84.0 Å². The molecule has 0 radical (unpaired) electrons. The quantitative estimate of drug-likeness (QED) is 0.323. The third-order valence-corrected chi connectivity index (χ3v) is 5.08. The summed E-state index contributed by atoms with van der Waals surface area (Å²) in [5.41, 5.74) is 4.50. The largest absolute Gasteiger partial charge is 0.394 e. The minimum atomic E-state index is -4.10. The van der Waals surface area contributed by atoms with Gasteiger partial charge in [0.2, 0.25) is 5.52 Å². The van der Waals surface area contributed by atoms with Crippen molar-refractivity contribution < 1.29 is 18.8 Å². The average Bonchev–Trinajstić information content (AvgIpc) is 2.50. The molecule has 0 aromatic heterocycles. The summed E-state index contributed by atoms with van der Waals surface area (Å²) in [6.45, 7) is 2.30. The normalized spacial score (nSPS) is 14.0. The van der Waals surface area contributed by atoms with Crippen LogP contribution in [0.2, 0.25) is 0 Å². The second kappa shape index (κ2) is 14.4. The van der Waals surface area contributed by atoms with E-state index < -0.39 is 13.1 Å². The van der Waals surface area contributed by atoms with Crippen molar-refractivity contribution >= 4 is 13.1 Å². The van der Waals surface area contributed by atoms with Crippen molar-refractivity contribution in [2.24, 2.45) is 5.73 Å². The van der Waals surface area contributed by atoms with E-state index >= 15 is 0 Å². The zero-order chi connectivity index (χ0) is 16.7. The van der Waals surface area contributed by atoms with Crippen LogP contribution in [0, 0.1) is 0 Å². The van der Waals surface area contributed by atoms with Gasteiger partial charge in [0.05, 0.1) is 6.61 Å². The van der Waals surface area contributed by atoms with E-state index in [0.29, 0.717) is 6.42 Å². The maximum atomic E-state index is 11.6. The van der Waals surface area contributed by atoms with Crippen molar-refractivity contribution in [3.05, 3.63) is 0 Å². The van der Waals surface area contributed by atoms with Gasteiger partial charge >= 0.3 is 7.60 Å². The lowest BCUT2D eigenvalue weighted by atomic mass is 10.1. The van der Waals surface area contributed by atoms with Crippen LogP contribution >= 0.6 is 7.60 Å². The summed E-state index contributed by atoms with van der Waals surface area (Å²) >= 11 is 0. The molecule has 0 aliphatic carbocycles. The molecule has 0 aliphatic rings. The fraction of sp³-hybridized carbons (Fsp3) is 0.938. The maximum Gasteiger partial charge on any atom is 0.394 e. The summed E-state index contributed by atoms with van der Waals surface area (Å²) in [4.78, 5) is 21.0. The Balaban J connectivity index is 3.42. The Kier molecular flexibility index (Phi) is 14.2. The Labute approximate surface area is 135 Å². The summed E-state index contributed by atoms with van der Waals surface area (Å²) < 4.78 is 16.1. The van der Waals surface area contributed by atoms with E-state index in [0.717, 1.165) is 12.8 Å². The maximum absolute atomic E-state index is 11.6. The molecule has 5 nitrogen and oxygen atoms in total. The lowest BCUT2D eigenvalue weighted by molar-refractivity contribution is -0.113. The van der Waals surface area contributed by atoms with Gasteiger partial charge in [-0.15, -0.1) is 0 Å². The summed E-state index contributed by atoms with van der Waals surface area (Å²) in [5.74, 6) is 0. The van der Waals surface area contributed by atoms with Crippen LogP contribution in [0.5, 0.6) is 0 Å². The number of rotatable bonds is 16. The fourth-order valence-electron chi connectivity index (χ4n) is 2.33. The molecule has 3 N–H and O–H groups in total. The van der Waals surface area contributed by atoms with Crippen LogP contribution < -0.4 is 5.73 Å². The summed E-state index contributed by atoms with van der Waals surface area (Å²) in [7, 11) is -4.10. The topological polar surface area (TPSA) is 89.6 Å². The first-order chi connectivity index (χ1) is 10.5. The molecule has 0 saturated heterocycles. The highest BCUT2D eigenvalue weighted by Crippen LogP contribution is 2.44. The lowest BCUT2D eigenvalue weighted by Crippen LogP contribution is -2.10. The van der Waals surface area contributed by atoms with Crippen LogP contribution in [-0.4, -0.2) is 23.6 Å². The molecule has 0 aromatic rings. The molecular formula is C16H34NO4P. The Morgan fingerprint density at radius 3 is 1.86 bits per heavy atom. The first-order valence-corrected chi connectivity index (χ1v) is 10.3. The van der Waals surface area contributed by atoms with Crippen LogP contribution in [0.4, 0.5) is 0 Å². The molecule has 132 valence electrons. The van der Waals surface area contributed by atoms with Crippen molar-refractivity contribution in [1.29, 1.82) is 0 Å². The van der Waals surface area contributed by atoms with Crippen LogP contribution in [-0.2, 0) is 13.9 Å². The average molecular weight is 335 g/mol. The predicted octanol–water partition coefficient (Wildman–Crippen LogP) is 4.37. The molecule has 1 atom stereocenters. The van der Waals surface area contributed by atoms with E-state index in [1.807, 2.05) is 0 Å². The van der Waals surface area contributed by atoms with Gasteiger partial charge in [0.1, 0.15) is 0 Å². The number of unbranched alkanes of at least 4 members (excludes halogenated alkanes) is 10. The highest BCUT2D eigenvalue weighted by Gasteiger charge is 2.29. The zero-order valence-corrected chi connectivity index (χ0v) is 15.0. The van der Waals surface area contributed by atoms with Crippen molar-refractivity contribution in [1.82, 2.24) is 0 Å². The molecular weight excluding hydrogens is 301 g/mol. The molecule has 6 heteroatoms. The van der Waals surface area contributed by atoms with E-state index in [9.17, 15) is 14.3 Å². The monoisotopic (exact) mass is 335 g/mol. The SMILES string of the molecule is CCCCCCCCCCCCCC(=O)P(=O)(O)OCCN. The van der Waals surface area contributed by atoms with Gasteiger partial charge in [0, 0.05) is 13.0 Å².